The van der Waals surface area contributed by atoms with Crippen LogP contribution in [0.5, 0.6) is 0 Å². The maximum Gasteiger partial charge on any atom is 0.228 e. The van der Waals surface area contributed by atoms with E-state index in [1.807, 2.05) is 18.2 Å². The van der Waals surface area contributed by atoms with Crippen LogP contribution in [0.3, 0.4) is 0 Å². The van der Waals surface area contributed by atoms with E-state index in [4.69, 9.17) is 11.6 Å². The molecule has 2 unspecified atom stereocenters. The number of hydrogen-bond acceptors (Lipinski definition) is 1. The number of benzene rings is 2. The third-order valence-corrected chi connectivity index (χ3v) is 3.91. The number of anilines is 1. The van der Waals surface area contributed by atoms with Gasteiger partial charge in [-0.3, -0.25) is 4.79 Å². The molecule has 1 saturated carbocycles. The maximum atomic E-state index is 13.1. The molecule has 1 aliphatic carbocycles. The van der Waals surface area contributed by atoms with E-state index in [9.17, 15) is 13.6 Å². The molecule has 1 aliphatic rings. The first-order chi connectivity index (χ1) is 10.0. The standard InChI is InChI=1S/C16H12ClF2NO/c17-15-4-2-1-3-12(15)13-8-14(13)16(21)20-11-6-9(18)5-10(19)7-11/h1-7,13-14H,8H2,(H,20,21). The lowest BCUT2D eigenvalue weighted by molar-refractivity contribution is -0.117. The highest BCUT2D eigenvalue weighted by atomic mass is 35.5. The van der Waals surface area contributed by atoms with Gasteiger partial charge in [0.15, 0.2) is 0 Å². The van der Waals surface area contributed by atoms with Crippen LogP contribution in [-0.2, 0) is 4.79 Å². The molecule has 2 aromatic rings. The molecule has 0 bridgehead atoms. The number of amides is 1. The Morgan fingerprint density at radius 1 is 1.14 bits per heavy atom. The van der Waals surface area contributed by atoms with Crippen molar-refractivity contribution in [3.8, 4) is 0 Å². The number of nitrogens with one attached hydrogen (secondary N) is 1. The number of carbonyl (C=O) groups is 1. The highest BCUT2D eigenvalue weighted by Crippen LogP contribution is 2.49. The fraction of sp³-hybridized carbons (Fsp3) is 0.188. The van der Waals surface area contributed by atoms with E-state index < -0.39 is 11.6 Å². The van der Waals surface area contributed by atoms with Crippen LogP contribution in [0.15, 0.2) is 42.5 Å². The smallest absolute Gasteiger partial charge is 0.228 e. The Balaban J connectivity index is 1.69. The van der Waals surface area contributed by atoms with E-state index in [1.165, 1.54) is 0 Å². The number of halogens is 3. The van der Waals surface area contributed by atoms with E-state index in [0.717, 1.165) is 23.8 Å². The summed E-state index contributed by atoms with van der Waals surface area (Å²) < 4.78 is 26.2. The Morgan fingerprint density at radius 2 is 1.81 bits per heavy atom. The predicted octanol–water partition coefficient (Wildman–Crippen LogP) is 4.36. The summed E-state index contributed by atoms with van der Waals surface area (Å²) in [7, 11) is 0. The van der Waals surface area contributed by atoms with Gasteiger partial charge in [0.1, 0.15) is 11.6 Å². The van der Waals surface area contributed by atoms with E-state index >= 15 is 0 Å². The van der Waals surface area contributed by atoms with E-state index in [-0.39, 0.29) is 23.4 Å². The molecule has 3 rings (SSSR count). The zero-order valence-corrected chi connectivity index (χ0v) is 11.7. The topological polar surface area (TPSA) is 29.1 Å². The normalized spacial score (nSPS) is 20.1. The monoisotopic (exact) mass is 307 g/mol. The zero-order valence-electron chi connectivity index (χ0n) is 10.9. The van der Waals surface area contributed by atoms with Crippen molar-refractivity contribution in [3.05, 3.63) is 64.7 Å². The molecule has 21 heavy (non-hydrogen) atoms. The van der Waals surface area contributed by atoms with Crippen molar-refractivity contribution >= 4 is 23.2 Å². The molecule has 1 fully saturated rings. The van der Waals surface area contributed by atoms with Crippen molar-refractivity contribution < 1.29 is 13.6 Å². The summed E-state index contributed by atoms with van der Waals surface area (Å²) >= 11 is 6.10. The molecule has 2 aromatic carbocycles. The summed E-state index contributed by atoms with van der Waals surface area (Å²) in [5.41, 5.74) is 1.06. The summed E-state index contributed by atoms with van der Waals surface area (Å²) in [6.07, 6.45) is 0.688. The highest BCUT2D eigenvalue weighted by molar-refractivity contribution is 6.31. The Bertz CT molecular complexity index is 684. The molecule has 1 amide bonds. The lowest BCUT2D eigenvalue weighted by Crippen LogP contribution is -2.14. The molecule has 108 valence electrons. The lowest BCUT2D eigenvalue weighted by Gasteiger charge is -2.06. The highest BCUT2D eigenvalue weighted by Gasteiger charge is 2.44. The average molecular weight is 308 g/mol. The zero-order chi connectivity index (χ0) is 15.0. The third-order valence-electron chi connectivity index (χ3n) is 3.56. The summed E-state index contributed by atoms with van der Waals surface area (Å²) in [6.45, 7) is 0. The molecular formula is C16H12ClF2NO. The third kappa shape index (κ3) is 3.05. The first-order valence-corrected chi connectivity index (χ1v) is 6.94. The lowest BCUT2D eigenvalue weighted by atomic mass is 10.1. The van der Waals surface area contributed by atoms with Gasteiger partial charge in [-0.1, -0.05) is 29.8 Å². The summed E-state index contributed by atoms with van der Waals surface area (Å²) in [6, 6.07) is 10.3. The Hall–Kier alpha value is -1.94. The van der Waals surface area contributed by atoms with Crippen molar-refractivity contribution in [2.24, 2.45) is 5.92 Å². The largest absolute Gasteiger partial charge is 0.326 e. The maximum absolute atomic E-state index is 13.1. The summed E-state index contributed by atoms with van der Waals surface area (Å²) in [5, 5.41) is 3.18. The van der Waals surface area contributed by atoms with Gasteiger partial charge in [-0.2, -0.15) is 0 Å². The molecular weight excluding hydrogens is 296 g/mol. The van der Waals surface area contributed by atoms with Gasteiger partial charge < -0.3 is 5.32 Å². The van der Waals surface area contributed by atoms with Gasteiger partial charge in [-0.25, -0.2) is 8.78 Å². The second-order valence-corrected chi connectivity index (χ2v) is 5.52. The van der Waals surface area contributed by atoms with Gasteiger partial charge in [0.05, 0.1) is 0 Å². The SMILES string of the molecule is O=C(Nc1cc(F)cc(F)c1)C1CC1c1ccccc1Cl. The Labute approximate surface area is 125 Å². The van der Waals surface area contributed by atoms with Crippen LogP contribution >= 0.6 is 11.6 Å². The molecule has 0 spiro atoms. The van der Waals surface area contributed by atoms with Gasteiger partial charge in [0.25, 0.3) is 0 Å². The minimum atomic E-state index is -0.719. The van der Waals surface area contributed by atoms with Gasteiger partial charge >= 0.3 is 0 Å². The predicted molar refractivity (Wildman–Crippen MR) is 77.3 cm³/mol. The van der Waals surface area contributed by atoms with Crippen molar-refractivity contribution in [2.45, 2.75) is 12.3 Å². The van der Waals surface area contributed by atoms with Crippen molar-refractivity contribution in [1.29, 1.82) is 0 Å². The molecule has 0 aliphatic heterocycles. The molecule has 0 radical (unpaired) electrons. The van der Waals surface area contributed by atoms with Crippen LogP contribution in [0.1, 0.15) is 17.9 Å². The molecule has 0 heterocycles. The van der Waals surface area contributed by atoms with Crippen LogP contribution in [0.4, 0.5) is 14.5 Å². The van der Waals surface area contributed by atoms with Gasteiger partial charge in [0, 0.05) is 22.7 Å². The van der Waals surface area contributed by atoms with Crippen LogP contribution < -0.4 is 5.32 Å². The fourth-order valence-corrected chi connectivity index (χ4v) is 2.74. The average Bonchev–Trinajstić information content (AvgIpc) is 3.18. The molecule has 0 aromatic heterocycles. The second kappa shape index (κ2) is 5.45. The van der Waals surface area contributed by atoms with Crippen LogP contribution in [0.2, 0.25) is 5.02 Å². The quantitative estimate of drug-likeness (QED) is 0.897. The van der Waals surface area contributed by atoms with Gasteiger partial charge in [-0.05, 0) is 36.1 Å². The van der Waals surface area contributed by atoms with Gasteiger partial charge in [-0.15, -0.1) is 0 Å². The molecule has 0 saturated heterocycles. The summed E-state index contributed by atoms with van der Waals surface area (Å²) in [4.78, 5) is 12.1. The minimum absolute atomic E-state index is 0.0668. The molecule has 2 atom stereocenters. The van der Waals surface area contributed by atoms with E-state index in [0.29, 0.717) is 11.4 Å². The fourth-order valence-electron chi connectivity index (χ4n) is 2.47. The van der Waals surface area contributed by atoms with Gasteiger partial charge in [0.2, 0.25) is 5.91 Å². The van der Waals surface area contributed by atoms with E-state index in [2.05, 4.69) is 5.32 Å². The molecule has 1 N–H and O–H groups in total. The van der Waals surface area contributed by atoms with Crippen molar-refractivity contribution in [1.82, 2.24) is 0 Å². The first kappa shape index (κ1) is 14.0. The minimum Gasteiger partial charge on any atom is -0.326 e. The Morgan fingerprint density at radius 3 is 2.48 bits per heavy atom. The van der Waals surface area contributed by atoms with Crippen molar-refractivity contribution in [3.63, 3.8) is 0 Å². The Kier molecular flexibility index (Phi) is 3.64. The van der Waals surface area contributed by atoms with Crippen LogP contribution in [0.25, 0.3) is 0 Å². The van der Waals surface area contributed by atoms with Crippen molar-refractivity contribution in [2.75, 3.05) is 5.32 Å². The first-order valence-electron chi connectivity index (χ1n) is 6.56. The molecule has 2 nitrogen and oxygen atoms in total. The van der Waals surface area contributed by atoms with Crippen LogP contribution in [0, 0.1) is 17.6 Å². The summed E-state index contributed by atoms with van der Waals surface area (Å²) in [5.74, 6) is -1.83. The molecule has 5 heteroatoms. The second-order valence-electron chi connectivity index (χ2n) is 5.12. The number of rotatable bonds is 3. The number of hydrogen-bond donors (Lipinski definition) is 1. The van der Waals surface area contributed by atoms with Crippen LogP contribution in [-0.4, -0.2) is 5.91 Å². The number of carbonyl (C=O) groups excluding carboxylic acids is 1. The van der Waals surface area contributed by atoms with E-state index in [1.54, 1.807) is 6.07 Å².